The van der Waals surface area contributed by atoms with Gasteiger partial charge in [-0.15, -0.1) is 0 Å². The molecule has 1 N–H and O–H groups in total. The minimum absolute atomic E-state index is 0.0165. The van der Waals surface area contributed by atoms with Crippen molar-refractivity contribution < 1.29 is 19.4 Å². The molecule has 0 spiro atoms. The third kappa shape index (κ3) is 4.59. The first kappa shape index (κ1) is 24.0. The van der Waals surface area contributed by atoms with E-state index in [1.807, 2.05) is 37.6 Å². The van der Waals surface area contributed by atoms with Gasteiger partial charge in [0.05, 0.1) is 24.9 Å². The van der Waals surface area contributed by atoms with Crippen LogP contribution in [-0.4, -0.2) is 64.4 Å². The minimum atomic E-state index is -0.855. The van der Waals surface area contributed by atoms with Gasteiger partial charge < -0.3 is 28.8 Å². The van der Waals surface area contributed by atoms with Crippen LogP contribution in [0.1, 0.15) is 33.6 Å². The van der Waals surface area contributed by atoms with Gasteiger partial charge in [-0.2, -0.15) is 0 Å². The van der Waals surface area contributed by atoms with Crippen LogP contribution < -0.4 is 14.4 Å². The van der Waals surface area contributed by atoms with E-state index in [0.717, 1.165) is 48.5 Å². The fourth-order valence-electron chi connectivity index (χ4n) is 4.73. The molecule has 9 heteroatoms. The Kier molecular flexibility index (Phi) is 6.53. The number of aromatic nitrogens is 2. The van der Waals surface area contributed by atoms with Crippen molar-refractivity contribution in [2.75, 3.05) is 32.2 Å². The predicted octanol–water partition coefficient (Wildman–Crippen LogP) is 5.42. The number of carbonyl (C=O) groups is 1. The Labute approximate surface area is 204 Å². The summed E-state index contributed by atoms with van der Waals surface area (Å²) in [4.78, 5) is 20.5. The second-order valence-corrected chi connectivity index (χ2v) is 9.91. The normalized spacial score (nSPS) is 14.9. The molecule has 8 nitrogen and oxygen atoms in total. The maximum atomic E-state index is 11.8. The van der Waals surface area contributed by atoms with Crippen molar-refractivity contribution >= 4 is 29.0 Å². The number of imidazole rings is 1. The van der Waals surface area contributed by atoms with E-state index in [1.54, 1.807) is 31.3 Å². The molecule has 1 aliphatic heterocycles. The van der Waals surface area contributed by atoms with E-state index < -0.39 is 11.6 Å². The van der Waals surface area contributed by atoms with Gasteiger partial charge in [0.15, 0.2) is 0 Å². The molecule has 3 aromatic rings. The number of nitrogens with zero attached hydrogens (tertiary/aromatic N) is 4. The lowest BCUT2D eigenvalue weighted by molar-refractivity contribution is 0.0616. The maximum Gasteiger partial charge on any atom is 0.407 e. The number of ether oxygens (including phenoxy) is 2. The fraction of sp³-hybridized carbons (Fsp3) is 0.440. The molecule has 4 rings (SSSR count). The molecule has 0 aliphatic carbocycles. The highest BCUT2D eigenvalue weighted by molar-refractivity contribution is 6.32. The molecule has 0 saturated carbocycles. The summed E-state index contributed by atoms with van der Waals surface area (Å²) < 4.78 is 12.8. The van der Waals surface area contributed by atoms with E-state index in [9.17, 15) is 9.90 Å². The predicted molar refractivity (Wildman–Crippen MR) is 134 cm³/mol. The van der Waals surface area contributed by atoms with Gasteiger partial charge in [-0.3, -0.25) is 0 Å². The average Bonchev–Trinajstić information content (AvgIpc) is 3.21. The van der Waals surface area contributed by atoms with E-state index in [2.05, 4.69) is 17.0 Å². The molecule has 1 amide bonds. The van der Waals surface area contributed by atoms with Gasteiger partial charge >= 0.3 is 6.09 Å². The number of pyridine rings is 1. The molecule has 0 radical (unpaired) electrons. The Morgan fingerprint density at radius 1 is 1.15 bits per heavy atom. The minimum Gasteiger partial charge on any atom is -0.496 e. The van der Waals surface area contributed by atoms with Crippen LogP contribution >= 0.6 is 11.6 Å². The van der Waals surface area contributed by atoms with Crippen LogP contribution in [0, 0.1) is 0 Å². The molecule has 1 aliphatic rings. The first-order chi connectivity index (χ1) is 16.1. The summed E-state index contributed by atoms with van der Waals surface area (Å²) in [6.45, 7) is 7.42. The quantitative estimate of drug-likeness (QED) is 0.518. The molecule has 182 valence electrons. The molecule has 0 unspecified atom stereocenters. The van der Waals surface area contributed by atoms with Gasteiger partial charge in [0.1, 0.15) is 17.1 Å². The molecule has 0 bridgehead atoms. The second-order valence-electron chi connectivity index (χ2n) is 9.51. The number of methoxy groups -OCH3 is 2. The van der Waals surface area contributed by atoms with E-state index in [1.165, 1.54) is 0 Å². The zero-order valence-electron chi connectivity index (χ0n) is 20.2. The second kappa shape index (κ2) is 9.25. The van der Waals surface area contributed by atoms with E-state index in [-0.39, 0.29) is 6.04 Å². The highest BCUT2D eigenvalue weighted by atomic mass is 35.5. The number of benzene rings is 1. The molecule has 3 heterocycles. The summed E-state index contributed by atoms with van der Waals surface area (Å²) in [5.74, 6) is 1.18. The van der Waals surface area contributed by atoms with Crippen LogP contribution in [0.2, 0.25) is 5.02 Å². The molecular formula is C25H31ClN4O4. The Bertz CT molecular complexity index is 1200. The number of amides is 1. The Morgan fingerprint density at radius 2 is 1.82 bits per heavy atom. The highest BCUT2D eigenvalue weighted by Crippen LogP contribution is 2.38. The topological polar surface area (TPSA) is 79.5 Å². The van der Waals surface area contributed by atoms with Crippen LogP contribution in [-0.2, 0) is 0 Å². The number of hydrogen-bond acceptors (Lipinski definition) is 5. The molecule has 1 fully saturated rings. The van der Waals surface area contributed by atoms with Crippen molar-refractivity contribution in [1.82, 2.24) is 14.3 Å². The van der Waals surface area contributed by atoms with Gasteiger partial charge in [-0.05, 0) is 45.7 Å². The van der Waals surface area contributed by atoms with Crippen molar-refractivity contribution in [3.05, 3.63) is 41.7 Å². The lowest BCUT2D eigenvalue weighted by Gasteiger charge is -2.44. The number of hydrogen-bond donors (Lipinski definition) is 1. The van der Waals surface area contributed by atoms with E-state index in [4.69, 9.17) is 26.1 Å². The summed E-state index contributed by atoms with van der Waals surface area (Å²) in [7, 11) is 3.17. The lowest BCUT2D eigenvalue weighted by atomic mass is 9.96. The number of fused-ring (bicyclic) bond motifs is 1. The zero-order chi connectivity index (χ0) is 24.6. The largest absolute Gasteiger partial charge is 0.496 e. The van der Waals surface area contributed by atoms with Gasteiger partial charge in [-0.25, -0.2) is 9.78 Å². The molecule has 0 atom stereocenters. The van der Waals surface area contributed by atoms with Crippen LogP contribution in [0.5, 0.6) is 11.5 Å². The zero-order valence-corrected chi connectivity index (χ0v) is 21.0. The van der Waals surface area contributed by atoms with Crippen molar-refractivity contribution in [3.63, 3.8) is 0 Å². The maximum absolute atomic E-state index is 11.8. The van der Waals surface area contributed by atoms with Crippen molar-refractivity contribution in [2.45, 2.75) is 45.2 Å². The summed E-state index contributed by atoms with van der Waals surface area (Å²) in [5, 5.41) is 10.2. The third-order valence-electron chi connectivity index (χ3n) is 6.32. The molecular weight excluding hydrogens is 456 g/mol. The molecule has 1 saturated heterocycles. The third-order valence-corrected chi connectivity index (χ3v) is 6.61. The fourth-order valence-corrected chi connectivity index (χ4v) is 4.97. The first-order valence-electron chi connectivity index (χ1n) is 11.3. The number of anilines is 1. The number of rotatable bonds is 5. The van der Waals surface area contributed by atoms with Crippen LogP contribution in [0.4, 0.5) is 10.5 Å². The Balaban J connectivity index is 1.56. The summed E-state index contributed by atoms with van der Waals surface area (Å²) in [6.07, 6.45) is 4.65. The van der Waals surface area contributed by atoms with Gasteiger partial charge in [0.25, 0.3) is 0 Å². The molecule has 34 heavy (non-hydrogen) atoms. The highest BCUT2D eigenvalue weighted by Gasteiger charge is 2.35. The molecule has 2 aromatic heterocycles. The van der Waals surface area contributed by atoms with Gasteiger partial charge in [0, 0.05) is 60.4 Å². The summed E-state index contributed by atoms with van der Waals surface area (Å²) in [5.41, 5.74) is 3.00. The van der Waals surface area contributed by atoms with Crippen molar-refractivity contribution in [2.24, 2.45) is 0 Å². The number of halogens is 1. The van der Waals surface area contributed by atoms with E-state index in [0.29, 0.717) is 16.5 Å². The average molecular weight is 487 g/mol. The first-order valence-corrected chi connectivity index (χ1v) is 11.7. The Morgan fingerprint density at radius 3 is 2.41 bits per heavy atom. The molecule has 1 aromatic carbocycles. The number of piperidine rings is 1. The summed E-state index contributed by atoms with van der Waals surface area (Å²) >= 11 is 6.35. The summed E-state index contributed by atoms with van der Waals surface area (Å²) in [6, 6.07) is 7.70. The van der Waals surface area contributed by atoms with Gasteiger partial charge in [0.2, 0.25) is 0 Å². The lowest BCUT2D eigenvalue weighted by Crippen LogP contribution is -2.54. The standard InChI is InChI=1S/C25H31ClN4O4/c1-25(2,3)30(24(31)32)16-6-9-28(10-7-16)17-8-11-29-15-20(27-23(29)12-17)18-13-19(26)22(34-5)14-21(18)33-4/h8,11-16H,6-7,9-10H2,1-5H3,(H,31,32). The van der Waals surface area contributed by atoms with Crippen LogP contribution in [0.3, 0.4) is 0 Å². The van der Waals surface area contributed by atoms with E-state index >= 15 is 0 Å². The van der Waals surface area contributed by atoms with Crippen molar-refractivity contribution in [1.29, 1.82) is 0 Å². The SMILES string of the molecule is COc1cc(OC)c(-c2cn3ccc(N4CCC(N(C(=O)O)C(C)(C)C)CC4)cc3n2)cc1Cl. The number of carboxylic acid groups (broad SMARTS) is 1. The smallest absolute Gasteiger partial charge is 0.407 e. The van der Waals surface area contributed by atoms with Crippen molar-refractivity contribution in [3.8, 4) is 22.8 Å². The monoisotopic (exact) mass is 486 g/mol. The van der Waals surface area contributed by atoms with Crippen LogP contribution in [0.15, 0.2) is 36.7 Å². The Hall–Kier alpha value is -3.13. The van der Waals surface area contributed by atoms with Gasteiger partial charge in [-0.1, -0.05) is 11.6 Å². The van der Waals surface area contributed by atoms with Crippen LogP contribution in [0.25, 0.3) is 16.9 Å².